The molecule has 0 unspecified atom stereocenters. The number of nitrogen functional groups attached to an aromatic ring is 1. The molecule has 0 bridgehead atoms. The van der Waals surface area contributed by atoms with Crippen molar-refractivity contribution in [2.24, 2.45) is 5.84 Å². The predicted octanol–water partition coefficient (Wildman–Crippen LogP) is 2.88. The minimum absolute atomic E-state index is 0.329. The van der Waals surface area contributed by atoms with E-state index in [2.05, 4.69) is 38.3 Å². The topological polar surface area (TPSA) is 80.0 Å². The number of amides is 1. The molecular formula is C12H10ClIN4O. The molecular weight excluding hydrogens is 379 g/mol. The smallest absolute Gasteiger partial charge is 0.259 e. The van der Waals surface area contributed by atoms with Crippen LogP contribution in [0.4, 0.5) is 11.4 Å². The Balaban J connectivity index is 2.28. The zero-order chi connectivity index (χ0) is 13.8. The molecule has 0 saturated heterocycles. The molecule has 0 radical (unpaired) electrons. The second-order valence-electron chi connectivity index (χ2n) is 3.64. The molecule has 0 fully saturated rings. The lowest BCUT2D eigenvalue weighted by atomic mass is 10.2. The van der Waals surface area contributed by atoms with Gasteiger partial charge >= 0.3 is 0 Å². The van der Waals surface area contributed by atoms with E-state index in [1.54, 1.807) is 24.4 Å². The monoisotopic (exact) mass is 388 g/mol. The van der Waals surface area contributed by atoms with E-state index in [1.165, 1.54) is 6.20 Å². The standard InChI is InChI=1S/C12H10ClIN4O/c13-9-2-1-7(14)5-11(9)17-12(19)8-6-16-4-3-10(8)18-15/h1-6H,15H2,(H,16,18)(H,17,19). The highest BCUT2D eigenvalue weighted by molar-refractivity contribution is 14.1. The minimum atomic E-state index is -0.329. The zero-order valence-corrected chi connectivity index (χ0v) is 12.6. The first-order valence-electron chi connectivity index (χ1n) is 5.29. The number of anilines is 2. The fourth-order valence-corrected chi connectivity index (χ4v) is 2.14. The predicted molar refractivity (Wildman–Crippen MR) is 84.2 cm³/mol. The molecule has 4 N–H and O–H groups in total. The number of aromatic nitrogens is 1. The van der Waals surface area contributed by atoms with Gasteiger partial charge in [-0.1, -0.05) is 11.6 Å². The first kappa shape index (κ1) is 14.0. The van der Waals surface area contributed by atoms with Crippen LogP contribution in [-0.4, -0.2) is 10.9 Å². The number of nitrogens with one attached hydrogen (secondary N) is 2. The first-order valence-corrected chi connectivity index (χ1v) is 6.74. The Morgan fingerprint density at radius 2 is 2.11 bits per heavy atom. The fourth-order valence-electron chi connectivity index (χ4n) is 1.48. The Bertz CT molecular complexity index is 620. The van der Waals surface area contributed by atoms with Crippen molar-refractivity contribution in [3.63, 3.8) is 0 Å². The summed E-state index contributed by atoms with van der Waals surface area (Å²) in [5, 5.41) is 3.20. The summed E-state index contributed by atoms with van der Waals surface area (Å²) in [7, 11) is 0. The maximum Gasteiger partial charge on any atom is 0.259 e. The fraction of sp³-hybridized carbons (Fsp3) is 0. The van der Waals surface area contributed by atoms with E-state index < -0.39 is 0 Å². The molecule has 1 heterocycles. The van der Waals surface area contributed by atoms with Crippen molar-refractivity contribution in [2.45, 2.75) is 0 Å². The maximum absolute atomic E-state index is 12.1. The Morgan fingerprint density at radius 1 is 1.32 bits per heavy atom. The molecule has 2 rings (SSSR count). The Labute approximate surface area is 128 Å². The van der Waals surface area contributed by atoms with Crippen LogP contribution >= 0.6 is 34.2 Å². The molecule has 0 aliphatic heterocycles. The number of carbonyl (C=O) groups excluding carboxylic acids is 1. The molecule has 19 heavy (non-hydrogen) atoms. The number of hydrazine groups is 1. The number of pyridine rings is 1. The van der Waals surface area contributed by atoms with Crippen LogP contribution in [0.1, 0.15) is 10.4 Å². The van der Waals surface area contributed by atoms with Crippen molar-refractivity contribution in [3.05, 3.63) is 50.8 Å². The second-order valence-corrected chi connectivity index (χ2v) is 5.30. The number of halogens is 2. The van der Waals surface area contributed by atoms with E-state index in [1.807, 2.05) is 6.07 Å². The Morgan fingerprint density at radius 3 is 2.84 bits per heavy atom. The largest absolute Gasteiger partial charge is 0.323 e. The third-order valence-corrected chi connectivity index (χ3v) is 3.40. The van der Waals surface area contributed by atoms with Crippen LogP contribution in [0.15, 0.2) is 36.7 Å². The zero-order valence-electron chi connectivity index (χ0n) is 9.65. The lowest BCUT2D eigenvalue weighted by Crippen LogP contribution is -2.17. The van der Waals surface area contributed by atoms with E-state index >= 15 is 0 Å². The highest BCUT2D eigenvalue weighted by Gasteiger charge is 2.12. The molecule has 1 amide bonds. The van der Waals surface area contributed by atoms with Gasteiger partial charge < -0.3 is 10.7 Å². The van der Waals surface area contributed by atoms with Gasteiger partial charge in [-0.05, 0) is 46.9 Å². The number of hydrogen-bond donors (Lipinski definition) is 3. The number of hydrogen-bond acceptors (Lipinski definition) is 4. The van der Waals surface area contributed by atoms with Gasteiger partial charge in [0.05, 0.1) is 22.0 Å². The summed E-state index contributed by atoms with van der Waals surface area (Å²) in [6.07, 6.45) is 2.98. The maximum atomic E-state index is 12.1. The van der Waals surface area contributed by atoms with Gasteiger partial charge in [0.15, 0.2) is 0 Å². The molecule has 5 nitrogen and oxygen atoms in total. The van der Waals surface area contributed by atoms with Crippen molar-refractivity contribution < 1.29 is 4.79 Å². The summed E-state index contributed by atoms with van der Waals surface area (Å²) in [6, 6.07) is 6.98. The van der Waals surface area contributed by atoms with Gasteiger partial charge in [-0.3, -0.25) is 15.6 Å². The van der Waals surface area contributed by atoms with Gasteiger partial charge in [0.1, 0.15) is 0 Å². The van der Waals surface area contributed by atoms with E-state index in [4.69, 9.17) is 17.4 Å². The van der Waals surface area contributed by atoms with E-state index in [-0.39, 0.29) is 5.91 Å². The molecule has 7 heteroatoms. The summed E-state index contributed by atoms with van der Waals surface area (Å²) < 4.78 is 0.973. The van der Waals surface area contributed by atoms with Crippen LogP contribution < -0.4 is 16.6 Å². The number of nitrogens with zero attached hydrogens (tertiary/aromatic N) is 1. The molecule has 1 aromatic carbocycles. The van der Waals surface area contributed by atoms with Crippen LogP contribution in [0, 0.1) is 3.57 Å². The molecule has 0 saturated carbocycles. The summed E-state index contributed by atoms with van der Waals surface area (Å²) in [5.41, 5.74) is 3.84. The molecule has 98 valence electrons. The molecule has 0 aliphatic rings. The normalized spacial score (nSPS) is 10.1. The highest BCUT2D eigenvalue weighted by Crippen LogP contribution is 2.25. The van der Waals surface area contributed by atoms with Gasteiger partial charge in [0, 0.05) is 16.0 Å². The quantitative estimate of drug-likeness (QED) is 0.429. The van der Waals surface area contributed by atoms with Gasteiger partial charge in [0.2, 0.25) is 0 Å². The SMILES string of the molecule is NNc1ccncc1C(=O)Nc1cc(I)ccc1Cl. The first-order chi connectivity index (χ1) is 9.11. The van der Waals surface area contributed by atoms with E-state index in [9.17, 15) is 4.79 Å². The average Bonchev–Trinajstić information content (AvgIpc) is 2.42. The van der Waals surface area contributed by atoms with E-state index in [0.29, 0.717) is 22.0 Å². The average molecular weight is 389 g/mol. The number of rotatable bonds is 3. The van der Waals surface area contributed by atoms with Crippen LogP contribution in [0.5, 0.6) is 0 Å². The van der Waals surface area contributed by atoms with Crippen LogP contribution in [0.25, 0.3) is 0 Å². The van der Waals surface area contributed by atoms with Gasteiger partial charge in [-0.15, -0.1) is 0 Å². The Hall–Kier alpha value is -1.38. The summed E-state index contributed by atoms with van der Waals surface area (Å²) in [6.45, 7) is 0. The third kappa shape index (κ3) is 3.34. The van der Waals surface area contributed by atoms with Crippen LogP contribution in [0.3, 0.4) is 0 Å². The number of benzene rings is 1. The number of nitrogens with two attached hydrogens (primary N) is 1. The Kier molecular flexibility index (Phi) is 4.56. The van der Waals surface area contributed by atoms with Crippen molar-refractivity contribution in [1.29, 1.82) is 0 Å². The highest BCUT2D eigenvalue weighted by atomic mass is 127. The molecule has 2 aromatic rings. The molecule has 0 spiro atoms. The van der Waals surface area contributed by atoms with Crippen molar-refractivity contribution in [2.75, 3.05) is 10.7 Å². The second kappa shape index (κ2) is 6.18. The third-order valence-electron chi connectivity index (χ3n) is 2.40. The van der Waals surface area contributed by atoms with E-state index in [0.717, 1.165) is 3.57 Å². The van der Waals surface area contributed by atoms with Crippen LogP contribution in [-0.2, 0) is 0 Å². The molecule has 1 aromatic heterocycles. The van der Waals surface area contributed by atoms with Gasteiger partial charge in [-0.2, -0.15) is 0 Å². The molecule has 0 aliphatic carbocycles. The minimum Gasteiger partial charge on any atom is -0.323 e. The van der Waals surface area contributed by atoms with Crippen molar-refractivity contribution in [1.82, 2.24) is 4.98 Å². The summed E-state index contributed by atoms with van der Waals surface area (Å²) in [5.74, 6) is 5.02. The van der Waals surface area contributed by atoms with Crippen molar-refractivity contribution >= 4 is 51.5 Å². The summed E-state index contributed by atoms with van der Waals surface area (Å²) >= 11 is 8.17. The van der Waals surface area contributed by atoms with Gasteiger partial charge in [-0.25, -0.2) is 0 Å². The van der Waals surface area contributed by atoms with Gasteiger partial charge in [0.25, 0.3) is 5.91 Å². The number of carbonyl (C=O) groups is 1. The van der Waals surface area contributed by atoms with Crippen LogP contribution in [0.2, 0.25) is 5.02 Å². The lowest BCUT2D eigenvalue weighted by molar-refractivity contribution is 0.102. The van der Waals surface area contributed by atoms with Crippen molar-refractivity contribution in [3.8, 4) is 0 Å². The lowest BCUT2D eigenvalue weighted by Gasteiger charge is -2.10. The summed E-state index contributed by atoms with van der Waals surface area (Å²) in [4.78, 5) is 16.1. The molecule has 0 atom stereocenters.